The van der Waals surface area contributed by atoms with E-state index in [0.717, 1.165) is 12.8 Å². The molecule has 14 heavy (non-hydrogen) atoms. The van der Waals surface area contributed by atoms with Crippen LogP contribution in [0.5, 0.6) is 0 Å². The number of ketones is 1. The third-order valence-electron chi connectivity index (χ3n) is 2.07. The van der Waals surface area contributed by atoms with E-state index in [1.165, 1.54) is 6.08 Å². The molecule has 0 amide bonds. The van der Waals surface area contributed by atoms with Gasteiger partial charge in [-0.05, 0) is 24.8 Å². The predicted octanol–water partition coefficient (Wildman–Crippen LogP) is 2.75. The van der Waals surface area contributed by atoms with E-state index in [1.807, 2.05) is 6.08 Å². The van der Waals surface area contributed by atoms with Crippen molar-refractivity contribution in [2.45, 2.75) is 32.8 Å². The number of hydrogen-bond acceptors (Lipinski definition) is 2. The van der Waals surface area contributed by atoms with E-state index in [0.29, 0.717) is 5.92 Å². The van der Waals surface area contributed by atoms with Gasteiger partial charge in [-0.1, -0.05) is 26.5 Å². The first kappa shape index (κ1) is 13.1. The van der Waals surface area contributed by atoms with E-state index in [4.69, 9.17) is 4.74 Å². The minimum Gasteiger partial charge on any atom is -0.370 e. The minimum absolute atomic E-state index is 0.0609. The van der Waals surface area contributed by atoms with Crippen LogP contribution < -0.4 is 0 Å². The van der Waals surface area contributed by atoms with Crippen LogP contribution in [0.1, 0.15) is 26.7 Å². The van der Waals surface area contributed by atoms with Crippen LogP contribution in [0.2, 0.25) is 0 Å². The molecule has 0 radical (unpaired) electrons. The van der Waals surface area contributed by atoms with E-state index >= 15 is 0 Å². The summed E-state index contributed by atoms with van der Waals surface area (Å²) in [5.74, 6) is 0.363. The first-order valence-electron chi connectivity index (χ1n) is 4.99. The van der Waals surface area contributed by atoms with Crippen molar-refractivity contribution in [2.24, 2.45) is 5.92 Å². The van der Waals surface area contributed by atoms with E-state index < -0.39 is 0 Å². The molecule has 0 saturated heterocycles. The van der Waals surface area contributed by atoms with Crippen molar-refractivity contribution < 1.29 is 9.53 Å². The van der Waals surface area contributed by atoms with Crippen molar-refractivity contribution in [3.8, 4) is 0 Å². The van der Waals surface area contributed by atoms with Crippen molar-refractivity contribution in [3.05, 3.63) is 25.3 Å². The van der Waals surface area contributed by atoms with Crippen LogP contribution in [0, 0.1) is 5.92 Å². The van der Waals surface area contributed by atoms with Crippen LogP contribution in [0.3, 0.4) is 0 Å². The maximum Gasteiger partial charge on any atom is 0.180 e. The van der Waals surface area contributed by atoms with Gasteiger partial charge in [0, 0.05) is 0 Å². The monoisotopic (exact) mass is 196 g/mol. The molecule has 0 aromatic carbocycles. The third-order valence-corrected chi connectivity index (χ3v) is 2.07. The molecule has 1 atom stereocenters. The zero-order valence-corrected chi connectivity index (χ0v) is 9.16. The Balaban J connectivity index is 3.89. The highest BCUT2D eigenvalue weighted by atomic mass is 16.5. The summed E-state index contributed by atoms with van der Waals surface area (Å²) in [6.45, 7) is 11.4. The number of allylic oxidation sites excluding steroid dienone is 1. The molecule has 80 valence electrons. The van der Waals surface area contributed by atoms with Gasteiger partial charge in [-0.15, -0.1) is 6.58 Å². The molecular formula is C12H20O2. The minimum atomic E-state index is -0.0609. The van der Waals surface area contributed by atoms with Gasteiger partial charge in [-0.2, -0.15) is 0 Å². The summed E-state index contributed by atoms with van der Waals surface area (Å²) < 4.78 is 5.49. The van der Waals surface area contributed by atoms with Crippen molar-refractivity contribution in [2.75, 3.05) is 6.61 Å². The van der Waals surface area contributed by atoms with Crippen LogP contribution in [-0.4, -0.2) is 18.5 Å². The van der Waals surface area contributed by atoms with E-state index in [2.05, 4.69) is 27.0 Å². The van der Waals surface area contributed by atoms with E-state index in [-0.39, 0.29) is 18.5 Å². The Morgan fingerprint density at radius 2 is 2.07 bits per heavy atom. The largest absolute Gasteiger partial charge is 0.370 e. The van der Waals surface area contributed by atoms with Gasteiger partial charge in [0.1, 0.15) is 6.61 Å². The van der Waals surface area contributed by atoms with Gasteiger partial charge in [0.15, 0.2) is 5.78 Å². The number of ether oxygens (including phenoxy) is 1. The summed E-state index contributed by atoms with van der Waals surface area (Å²) in [6.07, 6.45) is 5.15. The second kappa shape index (κ2) is 7.51. The molecule has 0 spiro atoms. The van der Waals surface area contributed by atoms with Gasteiger partial charge >= 0.3 is 0 Å². The third kappa shape index (κ3) is 5.70. The van der Waals surface area contributed by atoms with Crippen LogP contribution in [0.15, 0.2) is 25.3 Å². The van der Waals surface area contributed by atoms with Gasteiger partial charge < -0.3 is 4.74 Å². The molecule has 0 aromatic rings. The normalized spacial score (nSPS) is 12.5. The average Bonchev–Trinajstić information content (AvgIpc) is 2.16. The lowest BCUT2D eigenvalue weighted by molar-refractivity contribution is -0.121. The Labute approximate surface area is 86.6 Å². The molecule has 0 saturated carbocycles. The summed E-state index contributed by atoms with van der Waals surface area (Å²) in [5, 5.41) is 0. The summed E-state index contributed by atoms with van der Waals surface area (Å²) in [7, 11) is 0. The van der Waals surface area contributed by atoms with Gasteiger partial charge in [0.25, 0.3) is 0 Å². The average molecular weight is 196 g/mol. The Morgan fingerprint density at radius 3 is 2.50 bits per heavy atom. The fourth-order valence-electron chi connectivity index (χ4n) is 1.14. The molecule has 0 bridgehead atoms. The summed E-state index contributed by atoms with van der Waals surface area (Å²) >= 11 is 0. The molecule has 0 rings (SSSR count). The molecule has 2 nitrogen and oxygen atoms in total. The first-order chi connectivity index (χ1) is 6.61. The highest BCUT2D eigenvalue weighted by molar-refractivity contribution is 5.90. The lowest BCUT2D eigenvalue weighted by Gasteiger charge is -2.20. The Hall–Kier alpha value is -0.890. The Morgan fingerprint density at radius 1 is 1.43 bits per heavy atom. The van der Waals surface area contributed by atoms with Crippen molar-refractivity contribution in [1.29, 1.82) is 0 Å². The second-order valence-corrected chi connectivity index (χ2v) is 3.63. The second-order valence-electron chi connectivity index (χ2n) is 3.63. The molecule has 1 unspecified atom stereocenters. The first-order valence-corrected chi connectivity index (χ1v) is 4.99. The van der Waals surface area contributed by atoms with Gasteiger partial charge in [0.05, 0.1) is 6.10 Å². The van der Waals surface area contributed by atoms with Crippen LogP contribution >= 0.6 is 0 Å². The number of rotatable bonds is 8. The van der Waals surface area contributed by atoms with E-state index in [1.54, 1.807) is 0 Å². The zero-order valence-electron chi connectivity index (χ0n) is 9.16. The topological polar surface area (TPSA) is 26.3 Å². The molecule has 0 aliphatic heterocycles. The van der Waals surface area contributed by atoms with Crippen molar-refractivity contribution >= 4 is 5.78 Å². The standard InChI is InChI=1S/C12H20O2/c1-5-7-8-12(10(3)4)14-9-11(13)6-2/h5-6,10,12H,1-2,7-9H2,3-4H3. The highest BCUT2D eigenvalue weighted by Gasteiger charge is 2.13. The van der Waals surface area contributed by atoms with Crippen LogP contribution in [0.4, 0.5) is 0 Å². The van der Waals surface area contributed by atoms with Gasteiger partial charge in [-0.25, -0.2) is 0 Å². The lowest BCUT2D eigenvalue weighted by atomic mass is 10.0. The van der Waals surface area contributed by atoms with Crippen LogP contribution in [0.25, 0.3) is 0 Å². The summed E-state index contributed by atoms with van der Waals surface area (Å²) in [5.41, 5.74) is 0. The highest BCUT2D eigenvalue weighted by Crippen LogP contribution is 2.13. The quantitative estimate of drug-likeness (QED) is 0.441. The number of carbonyl (C=O) groups excluding carboxylic acids is 1. The molecule has 0 aliphatic carbocycles. The summed E-state index contributed by atoms with van der Waals surface area (Å²) in [4.78, 5) is 10.9. The van der Waals surface area contributed by atoms with Crippen LogP contribution in [-0.2, 0) is 9.53 Å². The fraction of sp³-hybridized carbons (Fsp3) is 0.583. The van der Waals surface area contributed by atoms with Gasteiger partial charge in [0.2, 0.25) is 0 Å². The SMILES string of the molecule is C=CCCC(OCC(=O)C=C)C(C)C. The molecule has 0 heterocycles. The smallest absolute Gasteiger partial charge is 0.180 e. The number of hydrogen-bond donors (Lipinski definition) is 0. The molecule has 0 aliphatic rings. The summed E-state index contributed by atoms with van der Waals surface area (Å²) in [6, 6.07) is 0. The molecule has 0 fully saturated rings. The maximum absolute atomic E-state index is 10.9. The Bertz CT molecular complexity index is 194. The van der Waals surface area contributed by atoms with E-state index in [9.17, 15) is 4.79 Å². The lowest BCUT2D eigenvalue weighted by Crippen LogP contribution is -2.22. The zero-order chi connectivity index (χ0) is 11.0. The molecule has 2 heteroatoms. The molecular weight excluding hydrogens is 176 g/mol. The Kier molecular flexibility index (Phi) is 7.03. The van der Waals surface area contributed by atoms with Crippen molar-refractivity contribution in [1.82, 2.24) is 0 Å². The van der Waals surface area contributed by atoms with Crippen molar-refractivity contribution in [3.63, 3.8) is 0 Å². The number of carbonyl (C=O) groups is 1. The molecule has 0 aromatic heterocycles. The predicted molar refractivity (Wildman–Crippen MR) is 59.2 cm³/mol. The fourth-order valence-corrected chi connectivity index (χ4v) is 1.14. The maximum atomic E-state index is 10.9. The molecule has 0 N–H and O–H groups in total. The van der Waals surface area contributed by atoms with Gasteiger partial charge in [-0.3, -0.25) is 4.79 Å².